The summed E-state index contributed by atoms with van der Waals surface area (Å²) in [6, 6.07) is 19.1. The van der Waals surface area contributed by atoms with E-state index >= 15 is 0 Å². The number of carbonyl (C=O) groups is 1. The molecule has 0 unspecified atom stereocenters. The van der Waals surface area contributed by atoms with E-state index in [4.69, 9.17) is 14.6 Å². The van der Waals surface area contributed by atoms with Gasteiger partial charge in [-0.3, -0.25) is 14.3 Å². The van der Waals surface area contributed by atoms with Crippen molar-refractivity contribution in [3.8, 4) is 5.69 Å². The van der Waals surface area contributed by atoms with Crippen molar-refractivity contribution in [2.24, 2.45) is 7.05 Å². The minimum Gasteiger partial charge on any atom is -0.459 e. The summed E-state index contributed by atoms with van der Waals surface area (Å²) in [6.45, 7) is 2.75. The third-order valence-electron chi connectivity index (χ3n) is 6.40. The van der Waals surface area contributed by atoms with Gasteiger partial charge in [0.2, 0.25) is 6.29 Å². The van der Waals surface area contributed by atoms with Crippen molar-refractivity contribution in [2.45, 2.75) is 44.9 Å². The maximum atomic E-state index is 13.6. The number of unbranched alkanes of at least 4 members (excludes halogenated alkanes) is 1. The number of aliphatic hydroxyl groups excluding tert-OH is 1. The molecule has 1 amide bonds. The Labute approximate surface area is 210 Å². The molecule has 1 aliphatic rings. The van der Waals surface area contributed by atoms with Gasteiger partial charge in [0.25, 0.3) is 11.5 Å². The number of carbonyl (C=O) groups excluding carboxylic acids is 1. The van der Waals surface area contributed by atoms with E-state index in [1.54, 1.807) is 10.8 Å². The molecule has 2 aromatic carbocycles. The molecule has 0 fully saturated rings. The molecule has 0 saturated heterocycles. The Morgan fingerprint density at radius 1 is 1.11 bits per heavy atom. The number of aliphatic hydroxyl groups is 1. The molecule has 4 rings (SSSR count). The maximum absolute atomic E-state index is 13.6. The maximum Gasteiger partial charge on any atom is 0.286 e. The minimum absolute atomic E-state index is 0.0901. The summed E-state index contributed by atoms with van der Waals surface area (Å²) in [4.78, 5) is 26.7. The molecule has 0 aliphatic carbocycles. The Bertz CT molecular complexity index is 1250. The van der Waals surface area contributed by atoms with Crippen LogP contribution < -0.4 is 10.9 Å². The molecule has 190 valence electrons. The molecule has 8 nitrogen and oxygen atoms in total. The van der Waals surface area contributed by atoms with Crippen LogP contribution in [-0.2, 0) is 27.9 Å². The second-order valence-electron chi connectivity index (χ2n) is 8.87. The zero-order valence-electron chi connectivity index (χ0n) is 20.7. The number of amides is 1. The third kappa shape index (κ3) is 5.78. The van der Waals surface area contributed by atoms with Crippen LogP contribution >= 0.6 is 0 Å². The lowest BCUT2D eigenvalue weighted by molar-refractivity contribution is -0.146. The molecule has 0 spiro atoms. The van der Waals surface area contributed by atoms with E-state index in [1.165, 1.54) is 0 Å². The van der Waals surface area contributed by atoms with E-state index in [-0.39, 0.29) is 29.8 Å². The van der Waals surface area contributed by atoms with Crippen molar-refractivity contribution in [1.82, 2.24) is 14.7 Å². The molecule has 2 heterocycles. The van der Waals surface area contributed by atoms with Crippen LogP contribution in [-0.4, -0.2) is 39.9 Å². The van der Waals surface area contributed by atoms with Crippen molar-refractivity contribution in [2.75, 3.05) is 13.2 Å². The van der Waals surface area contributed by atoms with Crippen LogP contribution in [0.1, 0.15) is 42.0 Å². The molecule has 3 aromatic rings. The number of benzene rings is 2. The molecule has 2 atom stereocenters. The number of hydrogen-bond acceptors (Lipinski definition) is 5. The first kappa shape index (κ1) is 25.5. The lowest BCUT2D eigenvalue weighted by atomic mass is 9.93. The Balaban J connectivity index is 1.62. The fraction of sp³-hybridized carbons (Fsp3) is 0.357. The highest BCUT2D eigenvalue weighted by atomic mass is 16.7. The Hall–Kier alpha value is -3.62. The van der Waals surface area contributed by atoms with Crippen molar-refractivity contribution in [1.29, 1.82) is 0 Å². The third-order valence-corrected chi connectivity index (χ3v) is 6.40. The summed E-state index contributed by atoms with van der Waals surface area (Å²) in [5.41, 5.74) is 3.04. The van der Waals surface area contributed by atoms with Gasteiger partial charge in [0.1, 0.15) is 0 Å². The normalized spacial score (nSPS) is 17.4. The number of nitrogens with zero attached hydrogens (tertiary/aromatic N) is 2. The van der Waals surface area contributed by atoms with Gasteiger partial charge in [-0.05, 0) is 43.5 Å². The average Bonchev–Trinajstić information content (AvgIpc) is 3.13. The van der Waals surface area contributed by atoms with Crippen LogP contribution in [0.4, 0.5) is 0 Å². The molecule has 0 bridgehead atoms. The first-order chi connectivity index (χ1) is 17.5. The number of rotatable bonds is 10. The molecule has 8 heteroatoms. The molecule has 0 saturated carbocycles. The number of hydrogen-bond donors (Lipinski definition) is 2. The number of para-hydroxylation sites is 1. The fourth-order valence-electron chi connectivity index (χ4n) is 4.43. The predicted molar refractivity (Wildman–Crippen MR) is 137 cm³/mol. The summed E-state index contributed by atoms with van der Waals surface area (Å²) < 4.78 is 15.3. The number of allylic oxidation sites excluding steroid dienone is 1. The molecular weight excluding hydrogens is 458 g/mol. The SMILES string of the molecule is Cc1c([C@@H]2C=C(C(=O)NCc3ccccc3)O[C@H](OCCCCO)C2)c(=O)n(-c2ccccc2)n1C. The lowest BCUT2D eigenvalue weighted by Crippen LogP contribution is -2.34. The summed E-state index contributed by atoms with van der Waals surface area (Å²) in [5.74, 6) is -0.574. The lowest BCUT2D eigenvalue weighted by Gasteiger charge is -2.29. The molecule has 0 radical (unpaired) electrons. The highest BCUT2D eigenvalue weighted by Gasteiger charge is 2.32. The van der Waals surface area contributed by atoms with E-state index < -0.39 is 6.29 Å². The van der Waals surface area contributed by atoms with Gasteiger partial charge in [-0.2, -0.15) is 0 Å². The van der Waals surface area contributed by atoms with Gasteiger partial charge in [0.15, 0.2) is 5.76 Å². The van der Waals surface area contributed by atoms with Crippen molar-refractivity contribution in [3.05, 3.63) is 99.7 Å². The van der Waals surface area contributed by atoms with E-state index in [1.807, 2.05) is 79.3 Å². The Morgan fingerprint density at radius 3 is 2.50 bits per heavy atom. The van der Waals surface area contributed by atoms with Gasteiger partial charge in [-0.15, -0.1) is 0 Å². The van der Waals surface area contributed by atoms with Crippen LogP contribution in [0.3, 0.4) is 0 Å². The molecule has 36 heavy (non-hydrogen) atoms. The number of nitrogens with one attached hydrogen (secondary N) is 1. The van der Waals surface area contributed by atoms with Crippen molar-refractivity contribution < 1.29 is 19.4 Å². The van der Waals surface area contributed by atoms with Gasteiger partial charge in [-0.25, -0.2) is 4.68 Å². The van der Waals surface area contributed by atoms with Crippen LogP contribution in [0.2, 0.25) is 0 Å². The van der Waals surface area contributed by atoms with E-state index in [0.717, 1.165) is 16.9 Å². The zero-order chi connectivity index (χ0) is 25.5. The van der Waals surface area contributed by atoms with Gasteiger partial charge in [-0.1, -0.05) is 48.5 Å². The van der Waals surface area contributed by atoms with Crippen LogP contribution in [0, 0.1) is 6.92 Å². The fourth-order valence-corrected chi connectivity index (χ4v) is 4.43. The monoisotopic (exact) mass is 491 g/mol. The van der Waals surface area contributed by atoms with E-state index in [2.05, 4.69) is 5.32 Å². The smallest absolute Gasteiger partial charge is 0.286 e. The first-order valence-electron chi connectivity index (χ1n) is 12.3. The first-order valence-corrected chi connectivity index (χ1v) is 12.3. The summed E-state index contributed by atoms with van der Waals surface area (Å²) >= 11 is 0. The second kappa shape index (κ2) is 11.9. The second-order valence-corrected chi connectivity index (χ2v) is 8.87. The van der Waals surface area contributed by atoms with Gasteiger partial charge in [0, 0.05) is 43.8 Å². The molecule has 2 N–H and O–H groups in total. The highest BCUT2D eigenvalue weighted by Crippen LogP contribution is 2.32. The summed E-state index contributed by atoms with van der Waals surface area (Å²) in [7, 11) is 1.85. The quantitative estimate of drug-likeness (QED) is 0.425. The standard InChI is InChI=1S/C28H33N3O5/c1-20-26(28(34)31(30(20)2)23-13-7-4-8-14-23)22-17-24(36-25(18-22)35-16-10-9-15-32)27(33)29-19-21-11-5-3-6-12-21/h3-8,11-14,17,22,25,32H,9-10,15-16,18-19H2,1-2H3,(H,29,33)/t22-,25+/m1/s1. The van der Waals surface area contributed by atoms with Gasteiger partial charge >= 0.3 is 0 Å². The highest BCUT2D eigenvalue weighted by molar-refractivity contribution is 5.91. The minimum atomic E-state index is -0.680. The van der Waals surface area contributed by atoms with Gasteiger partial charge in [0.05, 0.1) is 12.3 Å². The zero-order valence-corrected chi connectivity index (χ0v) is 20.7. The van der Waals surface area contributed by atoms with Crippen LogP contribution in [0.5, 0.6) is 0 Å². The van der Waals surface area contributed by atoms with Crippen LogP contribution in [0.25, 0.3) is 5.69 Å². The van der Waals surface area contributed by atoms with Gasteiger partial charge < -0.3 is 19.9 Å². The number of ether oxygens (including phenoxy) is 2. The molecular formula is C28H33N3O5. The van der Waals surface area contributed by atoms with Crippen molar-refractivity contribution in [3.63, 3.8) is 0 Å². The summed E-state index contributed by atoms with van der Waals surface area (Å²) in [6.07, 6.45) is 2.75. The number of aromatic nitrogens is 2. The largest absolute Gasteiger partial charge is 0.459 e. The molecule has 1 aliphatic heterocycles. The Morgan fingerprint density at radius 2 is 1.81 bits per heavy atom. The van der Waals surface area contributed by atoms with Crippen molar-refractivity contribution >= 4 is 5.91 Å². The average molecular weight is 492 g/mol. The predicted octanol–water partition coefficient (Wildman–Crippen LogP) is 3.30. The summed E-state index contributed by atoms with van der Waals surface area (Å²) in [5, 5.41) is 12.0. The van der Waals surface area contributed by atoms with E-state index in [9.17, 15) is 9.59 Å². The van der Waals surface area contributed by atoms with E-state index in [0.29, 0.717) is 38.0 Å². The topological polar surface area (TPSA) is 94.7 Å². The Kier molecular flexibility index (Phi) is 8.40. The van der Waals surface area contributed by atoms with Crippen LogP contribution in [0.15, 0.2) is 77.3 Å². The molecule has 1 aromatic heterocycles.